The number of aryl methyl sites for hydroxylation is 1. The van der Waals surface area contributed by atoms with E-state index in [2.05, 4.69) is 36.8 Å². The number of hydrogen-bond donors (Lipinski definition) is 2. The average molecular weight is 482 g/mol. The SMILES string of the molecule is CCOc1cc(CNCCSc2nnnn2C)cc(Br)c1OCC(N)=O.Cl. The fourth-order valence-corrected chi connectivity index (χ4v) is 3.41. The molecule has 0 aliphatic rings. The molecule has 1 amide bonds. The van der Waals surface area contributed by atoms with Gasteiger partial charge < -0.3 is 20.5 Å². The lowest BCUT2D eigenvalue weighted by atomic mass is 10.2. The fourth-order valence-electron chi connectivity index (χ4n) is 2.06. The van der Waals surface area contributed by atoms with Crippen molar-refractivity contribution >= 4 is 46.0 Å². The molecule has 27 heavy (non-hydrogen) atoms. The number of primary amides is 1. The number of carbonyl (C=O) groups excluding carboxylic acids is 1. The highest BCUT2D eigenvalue weighted by molar-refractivity contribution is 9.10. The number of amides is 1. The van der Waals surface area contributed by atoms with E-state index in [0.29, 0.717) is 29.1 Å². The molecule has 3 N–H and O–H groups in total. The predicted octanol–water partition coefficient (Wildman–Crippen LogP) is 1.54. The van der Waals surface area contributed by atoms with Crippen LogP contribution in [0.5, 0.6) is 11.5 Å². The zero-order chi connectivity index (χ0) is 18.9. The van der Waals surface area contributed by atoms with Crippen LogP contribution in [0.4, 0.5) is 0 Å². The molecule has 9 nitrogen and oxygen atoms in total. The Morgan fingerprint density at radius 1 is 1.41 bits per heavy atom. The molecule has 0 radical (unpaired) electrons. The second-order valence-corrected chi connectivity index (χ2v) is 7.12. The molecule has 0 unspecified atom stereocenters. The Hall–Kier alpha value is -1.56. The summed E-state index contributed by atoms with van der Waals surface area (Å²) < 4.78 is 13.4. The quantitative estimate of drug-likeness (QED) is 0.367. The molecule has 1 aromatic carbocycles. The lowest BCUT2D eigenvalue weighted by Gasteiger charge is -2.15. The smallest absolute Gasteiger partial charge is 0.255 e. The monoisotopic (exact) mass is 480 g/mol. The van der Waals surface area contributed by atoms with Crippen molar-refractivity contribution in [1.29, 1.82) is 0 Å². The van der Waals surface area contributed by atoms with Crippen molar-refractivity contribution in [2.45, 2.75) is 18.6 Å². The number of hydrogen-bond acceptors (Lipinski definition) is 8. The summed E-state index contributed by atoms with van der Waals surface area (Å²) in [5, 5.41) is 15.5. The molecule has 150 valence electrons. The standard InChI is InChI=1S/C15H21BrN6O3S.ClH/c1-3-24-12-7-10(6-11(16)14(12)25-9-13(17)23)8-18-4-5-26-15-19-20-21-22(15)2;/h6-7,18H,3-5,8-9H2,1-2H3,(H2,17,23);1H. The largest absolute Gasteiger partial charge is 0.490 e. The first kappa shape index (κ1) is 23.5. The van der Waals surface area contributed by atoms with Crippen molar-refractivity contribution in [3.05, 3.63) is 22.2 Å². The van der Waals surface area contributed by atoms with E-state index >= 15 is 0 Å². The Balaban J connectivity index is 0.00000364. The van der Waals surface area contributed by atoms with Crippen LogP contribution < -0.4 is 20.5 Å². The number of ether oxygens (including phenoxy) is 2. The van der Waals surface area contributed by atoms with Crippen LogP contribution in [0.25, 0.3) is 0 Å². The van der Waals surface area contributed by atoms with Gasteiger partial charge in [0.15, 0.2) is 18.1 Å². The maximum absolute atomic E-state index is 10.9. The maximum atomic E-state index is 10.9. The molecular weight excluding hydrogens is 460 g/mol. The number of halogens is 2. The Morgan fingerprint density at radius 2 is 2.19 bits per heavy atom. The van der Waals surface area contributed by atoms with Gasteiger partial charge in [-0.2, -0.15) is 0 Å². The predicted molar refractivity (Wildman–Crippen MR) is 108 cm³/mol. The molecule has 0 saturated carbocycles. The summed E-state index contributed by atoms with van der Waals surface area (Å²) >= 11 is 5.04. The van der Waals surface area contributed by atoms with Crippen molar-refractivity contribution < 1.29 is 14.3 Å². The molecule has 0 spiro atoms. The number of tetrazole rings is 1. The molecule has 2 rings (SSSR count). The summed E-state index contributed by atoms with van der Waals surface area (Å²) in [6.45, 7) is 3.61. The molecule has 0 aliphatic carbocycles. The van der Waals surface area contributed by atoms with Gasteiger partial charge in [-0.05, 0) is 51.0 Å². The zero-order valence-corrected chi connectivity index (χ0v) is 18.2. The highest BCUT2D eigenvalue weighted by Gasteiger charge is 2.13. The fraction of sp³-hybridized carbons (Fsp3) is 0.467. The number of nitrogens with two attached hydrogens (primary N) is 1. The molecule has 0 aliphatic heterocycles. The highest BCUT2D eigenvalue weighted by atomic mass is 79.9. The van der Waals surface area contributed by atoms with Crippen LogP contribution in [0.3, 0.4) is 0 Å². The van der Waals surface area contributed by atoms with E-state index in [0.717, 1.165) is 23.0 Å². The summed E-state index contributed by atoms with van der Waals surface area (Å²) in [6.07, 6.45) is 0. The molecular formula is C15H22BrClN6O3S. The van der Waals surface area contributed by atoms with E-state index in [9.17, 15) is 4.79 Å². The van der Waals surface area contributed by atoms with E-state index in [1.54, 1.807) is 16.4 Å². The van der Waals surface area contributed by atoms with Crippen molar-refractivity contribution in [3.8, 4) is 11.5 Å². The number of nitrogens with one attached hydrogen (secondary N) is 1. The number of thioether (sulfide) groups is 1. The van der Waals surface area contributed by atoms with Crippen LogP contribution >= 0.6 is 40.1 Å². The summed E-state index contributed by atoms with van der Waals surface area (Å²) in [5.41, 5.74) is 6.16. The summed E-state index contributed by atoms with van der Waals surface area (Å²) in [6, 6.07) is 3.81. The Morgan fingerprint density at radius 3 is 2.81 bits per heavy atom. The van der Waals surface area contributed by atoms with Crippen molar-refractivity contribution in [3.63, 3.8) is 0 Å². The lowest BCUT2D eigenvalue weighted by molar-refractivity contribution is -0.119. The second-order valence-electron chi connectivity index (χ2n) is 5.20. The number of rotatable bonds is 11. The first-order valence-corrected chi connectivity index (χ1v) is 9.71. The Bertz CT molecular complexity index is 748. The lowest BCUT2D eigenvalue weighted by Crippen LogP contribution is -2.20. The zero-order valence-electron chi connectivity index (χ0n) is 15.0. The first-order chi connectivity index (χ1) is 12.5. The molecule has 1 heterocycles. The Labute approximate surface area is 176 Å². The van der Waals surface area contributed by atoms with Crippen LogP contribution in [0, 0.1) is 0 Å². The summed E-state index contributed by atoms with van der Waals surface area (Å²) in [7, 11) is 1.81. The minimum absolute atomic E-state index is 0. The molecule has 0 bridgehead atoms. The number of benzene rings is 1. The third-order valence-electron chi connectivity index (χ3n) is 3.15. The maximum Gasteiger partial charge on any atom is 0.255 e. The minimum atomic E-state index is -0.541. The van der Waals surface area contributed by atoms with E-state index < -0.39 is 5.91 Å². The minimum Gasteiger partial charge on any atom is -0.490 e. The topological polar surface area (TPSA) is 117 Å². The third kappa shape index (κ3) is 7.53. The summed E-state index contributed by atoms with van der Waals surface area (Å²) in [4.78, 5) is 10.9. The van der Waals surface area contributed by atoms with Gasteiger partial charge in [-0.3, -0.25) is 4.79 Å². The van der Waals surface area contributed by atoms with Crippen LogP contribution in [0.2, 0.25) is 0 Å². The second kappa shape index (κ2) is 12.0. The molecule has 2 aromatic rings. The van der Waals surface area contributed by atoms with Gasteiger partial charge in [0.2, 0.25) is 5.16 Å². The van der Waals surface area contributed by atoms with Crippen LogP contribution in [-0.4, -0.2) is 51.6 Å². The van der Waals surface area contributed by atoms with Gasteiger partial charge in [-0.15, -0.1) is 17.5 Å². The van der Waals surface area contributed by atoms with Gasteiger partial charge in [0.1, 0.15) is 0 Å². The van der Waals surface area contributed by atoms with Gasteiger partial charge in [-0.25, -0.2) is 4.68 Å². The third-order valence-corrected chi connectivity index (χ3v) is 4.75. The molecule has 1 aromatic heterocycles. The van der Waals surface area contributed by atoms with Crippen molar-refractivity contribution in [2.24, 2.45) is 12.8 Å². The van der Waals surface area contributed by atoms with Gasteiger partial charge in [0.05, 0.1) is 11.1 Å². The number of carbonyl (C=O) groups is 1. The van der Waals surface area contributed by atoms with Gasteiger partial charge in [0.25, 0.3) is 5.91 Å². The van der Waals surface area contributed by atoms with E-state index in [4.69, 9.17) is 15.2 Å². The van der Waals surface area contributed by atoms with E-state index in [-0.39, 0.29) is 19.0 Å². The van der Waals surface area contributed by atoms with Crippen molar-refractivity contribution in [2.75, 3.05) is 25.5 Å². The molecule has 0 atom stereocenters. The van der Waals surface area contributed by atoms with Gasteiger partial charge in [0, 0.05) is 25.9 Å². The van der Waals surface area contributed by atoms with Gasteiger partial charge >= 0.3 is 0 Å². The molecule has 12 heteroatoms. The van der Waals surface area contributed by atoms with Crippen LogP contribution in [-0.2, 0) is 18.4 Å². The van der Waals surface area contributed by atoms with E-state index in [1.165, 1.54) is 0 Å². The van der Waals surface area contributed by atoms with Crippen molar-refractivity contribution in [1.82, 2.24) is 25.5 Å². The van der Waals surface area contributed by atoms with E-state index in [1.807, 2.05) is 26.1 Å². The van der Waals surface area contributed by atoms with Crippen LogP contribution in [0.1, 0.15) is 12.5 Å². The normalized spacial score (nSPS) is 10.3. The molecule has 0 saturated heterocycles. The summed E-state index contributed by atoms with van der Waals surface area (Å²) in [5.74, 6) is 1.34. The molecule has 0 fully saturated rings. The van der Waals surface area contributed by atoms with Crippen LogP contribution in [0.15, 0.2) is 21.8 Å². The highest BCUT2D eigenvalue weighted by Crippen LogP contribution is 2.37. The van der Waals surface area contributed by atoms with Gasteiger partial charge in [-0.1, -0.05) is 11.8 Å². The number of nitrogens with zero attached hydrogens (tertiary/aromatic N) is 4. The first-order valence-electron chi connectivity index (χ1n) is 7.93. The average Bonchev–Trinajstić information content (AvgIpc) is 2.99. The Kier molecular flexibility index (Phi) is 10.4. The number of aromatic nitrogens is 4.